The summed E-state index contributed by atoms with van der Waals surface area (Å²) in [4.78, 5) is 5.72. The largest absolute Gasteiger partial charge is 0.253 e. The summed E-state index contributed by atoms with van der Waals surface area (Å²) in [7, 11) is 0. The van der Waals surface area contributed by atoms with Gasteiger partial charge in [-0.3, -0.25) is 4.98 Å². The van der Waals surface area contributed by atoms with Crippen molar-refractivity contribution in [3.8, 4) is 11.5 Å². The Kier molecular flexibility index (Phi) is 3.17. The van der Waals surface area contributed by atoms with Gasteiger partial charge < -0.3 is 0 Å². The number of hydrogen-bond acceptors (Lipinski definition) is 7. The van der Waals surface area contributed by atoms with Crippen molar-refractivity contribution in [3.05, 3.63) is 30.7 Å². The van der Waals surface area contributed by atoms with E-state index < -0.39 is 0 Å². The Hall–Kier alpha value is -2.71. The highest BCUT2D eigenvalue weighted by atomic mass is 15.6. The van der Waals surface area contributed by atoms with Crippen molar-refractivity contribution in [2.24, 2.45) is 0 Å². The fourth-order valence-electron chi connectivity index (χ4n) is 1.59. The first-order valence-electron chi connectivity index (χ1n) is 5.82. The van der Waals surface area contributed by atoms with E-state index in [0.29, 0.717) is 24.6 Å². The number of aromatic nitrogens is 9. The molecule has 9 nitrogen and oxygen atoms in total. The standard InChI is InChI=1S/C10H11N9/c1-2-5-11-9(4-1)10-13-16-19(14-10)7-3-6-18-8-12-15-17-18/h1-2,4-5,8H,3,6-7H2. The molecule has 0 amide bonds. The maximum atomic E-state index is 4.27. The van der Waals surface area contributed by atoms with E-state index in [0.717, 1.165) is 6.42 Å². The van der Waals surface area contributed by atoms with E-state index in [-0.39, 0.29) is 0 Å². The lowest BCUT2D eigenvalue weighted by atomic mass is 10.3. The molecule has 0 radical (unpaired) electrons. The van der Waals surface area contributed by atoms with Crippen LogP contribution in [0.3, 0.4) is 0 Å². The van der Waals surface area contributed by atoms with E-state index in [9.17, 15) is 0 Å². The highest BCUT2D eigenvalue weighted by Gasteiger charge is 2.06. The summed E-state index contributed by atoms with van der Waals surface area (Å²) in [5.74, 6) is 0.531. The van der Waals surface area contributed by atoms with Gasteiger partial charge in [0.05, 0.1) is 6.54 Å². The molecule has 96 valence electrons. The molecular weight excluding hydrogens is 246 g/mol. The second-order valence-electron chi connectivity index (χ2n) is 3.85. The maximum Gasteiger partial charge on any atom is 0.223 e. The van der Waals surface area contributed by atoms with E-state index in [2.05, 4.69) is 35.9 Å². The van der Waals surface area contributed by atoms with E-state index in [1.54, 1.807) is 22.0 Å². The molecule has 0 aliphatic heterocycles. The van der Waals surface area contributed by atoms with Gasteiger partial charge in [-0.1, -0.05) is 6.07 Å². The van der Waals surface area contributed by atoms with Crippen molar-refractivity contribution in [3.63, 3.8) is 0 Å². The van der Waals surface area contributed by atoms with E-state index >= 15 is 0 Å². The summed E-state index contributed by atoms with van der Waals surface area (Å²) in [6, 6.07) is 5.59. The molecule has 0 unspecified atom stereocenters. The Balaban J connectivity index is 1.59. The summed E-state index contributed by atoms with van der Waals surface area (Å²) in [6.07, 6.45) is 4.10. The number of hydrogen-bond donors (Lipinski definition) is 0. The molecule has 19 heavy (non-hydrogen) atoms. The van der Waals surface area contributed by atoms with Crippen molar-refractivity contribution < 1.29 is 0 Å². The minimum absolute atomic E-state index is 0.531. The highest BCUT2D eigenvalue weighted by molar-refractivity contribution is 5.46. The summed E-state index contributed by atoms with van der Waals surface area (Å²) in [5, 5.41) is 23.1. The summed E-state index contributed by atoms with van der Waals surface area (Å²) in [5.41, 5.74) is 0.717. The van der Waals surface area contributed by atoms with Crippen LogP contribution in [0.2, 0.25) is 0 Å². The van der Waals surface area contributed by atoms with Gasteiger partial charge in [0.25, 0.3) is 0 Å². The number of aryl methyl sites for hydroxylation is 2. The van der Waals surface area contributed by atoms with Crippen molar-refractivity contribution in [1.82, 2.24) is 45.4 Å². The smallest absolute Gasteiger partial charge is 0.223 e. The lowest BCUT2D eigenvalue weighted by Crippen LogP contribution is -2.07. The second kappa shape index (κ2) is 5.29. The van der Waals surface area contributed by atoms with Gasteiger partial charge in [-0.2, -0.15) is 4.80 Å². The van der Waals surface area contributed by atoms with Crippen molar-refractivity contribution in [2.45, 2.75) is 19.5 Å². The van der Waals surface area contributed by atoms with Gasteiger partial charge in [-0.15, -0.1) is 15.3 Å². The van der Waals surface area contributed by atoms with E-state index in [1.807, 2.05) is 18.2 Å². The fraction of sp³-hybridized carbons (Fsp3) is 0.300. The van der Waals surface area contributed by atoms with Crippen LogP contribution in [-0.2, 0) is 13.1 Å². The molecule has 0 N–H and O–H groups in total. The predicted octanol–water partition coefficient (Wildman–Crippen LogP) is -0.188. The van der Waals surface area contributed by atoms with Gasteiger partial charge in [0, 0.05) is 12.7 Å². The minimum atomic E-state index is 0.531. The molecule has 0 saturated heterocycles. The molecule has 9 heteroatoms. The van der Waals surface area contributed by atoms with Crippen LogP contribution in [0.5, 0.6) is 0 Å². The maximum absolute atomic E-state index is 4.27. The Morgan fingerprint density at radius 3 is 2.89 bits per heavy atom. The Labute approximate surface area is 108 Å². The molecule has 0 aliphatic carbocycles. The molecule has 0 aromatic carbocycles. The third-order valence-electron chi connectivity index (χ3n) is 2.48. The topological polar surface area (TPSA) is 100 Å². The lowest BCUT2D eigenvalue weighted by Gasteiger charge is -1.98. The molecule has 0 spiro atoms. The SMILES string of the molecule is c1ccc(-c2nnn(CCCn3cnnn3)n2)nc1. The van der Waals surface area contributed by atoms with Crippen LogP contribution in [0.4, 0.5) is 0 Å². The average molecular weight is 257 g/mol. The van der Waals surface area contributed by atoms with Crippen LogP contribution in [0.15, 0.2) is 30.7 Å². The van der Waals surface area contributed by atoms with Gasteiger partial charge in [0.1, 0.15) is 12.0 Å². The third-order valence-corrected chi connectivity index (χ3v) is 2.48. The van der Waals surface area contributed by atoms with Gasteiger partial charge in [0.2, 0.25) is 5.82 Å². The zero-order chi connectivity index (χ0) is 12.9. The summed E-state index contributed by atoms with van der Waals surface area (Å²) < 4.78 is 1.66. The monoisotopic (exact) mass is 257 g/mol. The third kappa shape index (κ3) is 2.76. The predicted molar refractivity (Wildman–Crippen MR) is 63.5 cm³/mol. The molecule has 0 fully saturated rings. The van der Waals surface area contributed by atoms with Gasteiger partial charge in [-0.05, 0) is 34.2 Å². The van der Waals surface area contributed by atoms with Crippen molar-refractivity contribution >= 4 is 0 Å². The molecule has 3 aromatic rings. The van der Waals surface area contributed by atoms with Crippen molar-refractivity contribution in [2.75, 3.05) is 0 Å². The molecule has 3 rings (SSSR count). The normalized spacial score (nSPS) is 10.7. The number of pyridine rings is 1. The summed E-state index contributed by atoms with van der Waals surface area (Å²) in [6.45, 7) is 1.37. The van der Waals surface area contributed by atoms with Crippen LogP contribution < -0.4 is 0 Å². The van der Waals surface area contributed by atoms with Crippen molar-refractivity contribution in [1.29, 1.82) is 0 Å². The van der Waals surface area contributed by atoms with Crippen LogP contribution in [0.1, 0.15) is 6.42 Å². The molecule has 3 aromatic heterocycles. The zero-order valence-corrected chi connectivity index (χ0v) is 10.0. The second-order valence-corrected chi connectivity index (χ2v) is 3.85. The van der Waals surface area contributed by atoms with Gasteiger partial charge in [0.15, 0.2) is 0 Å². The van der Waals surface area contributed by atoms with Crippen LogP contribution in [-0.4, -0.2) is 45.4 Å². The molecule has 0 bridgehead atoms. The lowest BCUT2D eigenvalue weighted by molar-refractivity contribution is 0.452. The van der Waals surface area contributed by atoms with E-state index in [1.165, 1.54) is 0 Å². The zero-order valence-electron chi connectivity index (χ0n) is 10.0. The first-order chi connectivity index (χ1) is 9.42. The fourth-order valence-corrected chi connectivity index (χ4v) is 1.59. The molecular formula is C10H11N9. The average Bonchev–Trinajstić information content (AvgIpc) is 3.11. The van der Waals surface area contributed by atoms with Crippen LogP contribution in [0, 0.1) is 0 Å². The molecule has 3 heterocycles. The highest BCUT2D eigenvalue weighted by Crippen LogP contribution is 2.08. The summed E-state index contributed by atoms with van der Waals surface area (Å²) >= 11 is 0. The number of rotatable bonds is 5. The quantitative estimate of drug-likeness (QED) is 0.624. The Bertz CT molecular complexity index is 616. The van der Waals surface area contributed by atoms with Crippen LogP contribution in [0.25, 0.3) is 11.5 Å². The molecule has 0 aliphatic rings. The Morgan fingerprint density at radius 1 is 1.11 bits per heavy atom. The molecule has 0 atom stereocenters. The van der Waals surface area contributed by atoms with Crippen LogP contribution >= 0.6 is 0 Å². The van der Waals surface area contributed by atoms with Gasteiger partial charge >= 0.3 is 0 Å². The Morgan fingerprint density at radius 2 is 2.11 bits per heavy atom. The van der Waals surface area contributed by atoms with E-state index in [4.69, 9.17) is 0 Å². The molecule has 0 saturated carbocycles. The number of nitrogens with zero attached hydrogens (tertiary/aromatic N) is 9. The first-order valence-corrected chi connectivity index (χ1v) is 5.82. The first kappa shape index (κ1) is 11.4. The number of tetrazole rings is 2. The van der Waals surface area contributed by atoms with Gasteiger partial charge in [-0.25, -0.2) is 4.68 Å². The minimum Gasteiger partial charge on any atom is -0.253 e.